The molecule has 1 aliphatic heterocycles. The highest BCUT2D eigenvalue weighted by Gasteiger charge is 2.39. The molecule has 0 aromatic heterocycles. The highest BCUT2D eigenvalue weighted by Crippen LogP contribution is 2.30. The molecule has 2 rings (SSSR count). The van der Waals surface area contributed by atoms with Gasteiger partial charge in [0.1, 0.15) is 5.75 Å². The summed E-state index contributed by atoms with van der Waals surface area (Å²) < 4.78 is 16.7. The number of likely N-dealkylation sites (N-methyl/N-ethyl adjacent to an activating group) is 1. The molecule has 1 aromatic rings. The van der Waals surface area contributed by atoms with Crippen molar-refractivity contribution in [1.29, 1.82) is 0 Å². The lowest BCUT2D eigenvalue weighted by Gasteiger charge is -2.42. The standard InChI is InChI=1S/C16H25NO3/c1-17-15(16(19-3)7-9-20-10-8-16)12-13-5-4-6-14(11-13)18-2/h4-6,11,15,17H,7-10,12H2,1-3H3. The number of benzene rings is 1. The Kier molecular flexibility index (Phi) is 5.40. The van der Waals surface area contributed by atoms with E-state index < -0.39 is 0 Å². The topological polar surface area (TPSA) is 39.7 Å². The summed E-state index contributed by atoms with van der Waals surface area (Å²) in [6, 6.07) is 8.49. The van der Waals surface area contributed by atoms with Gasteiger partial charge in [-0.1, -0.05) is 12.1 Å². The lowest BCUT2D eigenvalue weighted by atomic mass is 9.82. The highest BCUT2D eigenvalue weighted by atomic mass is 16.5. The van der Waals surface area contributed by atoms with E-state index in [2.05, 4.69) is 17.4 Å². The molecule has 0 amide bonds. The predicted molar refractivity (Wildman–Crippen MR) is 79.3 cm³/mol. The molecular formula is C16H25NO3. The first-order valence-corrected chi connectivity index (χ1v) is 7.17. The smallest absolute Gasteiger partial charge is 0.119 e. The zero-order valence-electron chi connectivity index (χ0n) is 12.6. The molecule has 0 bridgehead atoms. The quantitative estimate of drug-likeness (QED) is 0.865. The Hall–Kier alpha value is -1.10. The fourth-order valence-corrected chi connectivity index (χ4v) is 3.00. The second kappa shape index (κ2) is 7.07. The Bertz CT molecular complexity index is 416. The largest absolute Gasteiger partial charge is 0.497 e. The number of rotatable bonds is 6. The van der Waals surface area contributed by atoms with E-state index in [9.17, 15) is 0 Å². The van der Waals surface area contributed by atoms with Crippen LogP contribution in [0.25, 0.3) is 0 Å². The first-order chi connectivity index (χ1) is 9.74. The van der Waals surface area contributed by atoms with E-state index in [0.717, 1.165) is 38.2 Å². The number of methoxy groups -OCH3 is 2. The minimum Gasteiger partial charge on any atom is -0.497 e. The van der Waals surface area contributed by atoms with Crippen molar-refractivity contribution in [3.8, 4) is 5.75 Å². The minimum absolute atomic E-state index is 0.143. The van der Waals surface area contributed by atoms with E-state index in [4.69, 9.17) is 14.2 Å². The van der Waals surface area contributed by atoms with E-state index in [-0.39, 0.29) is 11.6 Å². The van der Waals surface area contributed by atoms with E-state index >= 15 is 0 Å². The van der Waals surface area contributed by atoms with Crippen LogP contribution in [0.15, 0.2) is 24.3 Å². The van der Waals surface area contributed by atoms with Crippen LogP contribution in [0.4, 0.5) is 0 Å². The fraction of sp³-hybridized carbons (Fsp3) is 0.625. The molecule has 0 radical (unpaired) electrons. The van der Waals surface area contributed by atoms with Crippen molar-refractivity contribution >= 4 is 0 Å². The average Bonchev–Trinajstić information content (AvgIpc) is 2.53. The van der Waals surface area contributed by atoms with Gasteiger partial charge < -0.3 is 19.5 Å². The summed E-state index contributed by atoms with van der Waals surface area (Å²) in [5, 5.41) is 3.43. The van der Waals surface area contributed by atoms with Crippen molar-refractivity contribution in [1.82, 2.24) is 5.32 Å². The van der Waals surface area contributed by atoms with Gasteiger partial charge in [-0.3, -0.25) is 0 Å². The minimum atomic E-state index is -0.143. The van der Waals surface area contributed by atoms with E-state index in [1.165, 1.54) is 5.56 Å². The summed E-state index contributed by atoms with van der Waals surface area (Å²) in [5.41, 5.74) is 1.11. The van der Waals surface area contributed by atoms with Gasteiger partial charge in [-0.15, -0.1) is 0 Å². The van der Waals surface area contributed by atoms with Gasteiger partial charge in [0.15, 0.2) is 0 Å². The Morgan fingerprint density at radius 3 is 2.65 bits per heavy atom. The van der Waals surface area contributed by atoms with Crippen molar-refractivity contribution in [2.45, 2.75) is 30.9 Å². The molecular weight excluding hydrogens is 254 g/mol. The van der Waals surface area contributed by atoms with Crippen molar-refractivity contribution in [3.05, 3.63) is 29.8 Å². The van der Waals surface area contributed by atoms with Crippen LogP contribution in [0, 0.1) is 0 Å². The molecule has 1 aliphatic rings. The second-order valence-electron chi connectivity index (χ2n) is 5.28. The van der Waals surface area contributed by atoms with Crippen molar-refractivity contribution < 1.29 is 14.2 Å². The van der Waals surface area contributed by atoms with Crippen LogP contribution in [-0.2, 0) is 15.9 Å². The van der Waals surface area contributed by atoms with Gasteiger partial charge in [0.25, 0.3) is 0 Å². The molecule has 1 saturated heterocycles. The first-order valence-electron chi connectivity index (χ1n) is 7.17. The third kappa shape index (κ3) is 3.32. The number of hydrogen-bond acceptors (Lipinski definition) is 4. The molecule has 1 unspecified atom stereocenters. The summed E-state index contributed by atoms with van der Waals surface area (Å²) in [7, 11) is 5.51. The summed E-state index contributed by atoms with van der Waals surface area (Å²) in [6.07, 6.45) is 2.78. The van der Waals surface area contributed by atoms with E-state index in [1.807, 2.05) is 19.2 Å². The van der Waals surface area contributed by atoms with Crippen molar-refractivity contribution in [3.63, 3.8) is 0 Å². The van der Waals surface area contributed by atoms with Gasteiger partial charge in [0.05, 0.1) is 12.7 Å². The molecule has 0 spiro atoms. The fourth-order valence-electron chi connectivity index (χ4n) is 3.00. The van der Waals surface area contributed by atoms with Gasteiger partial charge in [0.2, 0.25) is 0 Å². The third-order valence-electron chi connectivity index (χ3n) is 4.30. The van der Waals surface area contributed by atoms with Crippen LogP contribution < -0.4 is 10.1 Å². The molecule has 1 aromatic carbocycles. The maximum atomic E-state index is 5.89. The Balaban J connectivity index is 2.14. The zero-order valence-corrected chi connectivity index (χ0v) is 12.6. The first kappa shape index (κ1) is 15.3. The summed E-state index contributed by atoms with van der Waals surface area (Å²) >= 11 is 0. The molecule has 0 aliphatic carbocycles. The van der Waals surface area contributed by atoms with Crippen LogP contribution in [0.1, 0.15) is 18.4 Å². The molecule has 4 heteroatoms. The Morgan fingerprint density at radius 1 is 1.30 bits per heavy atom. The zero-order chi connectivity index (χ0) is 14.4. The summed E-state index contributed by atoms with van der Waals surface area (Å²) in [4.78, 5) is 0. The summed E-state index contributed by atoms with van der Waals surface area (Å²) in [6.45, 7) is 1.54. The lowest BCUT2D eigenvalue weighted by molar-refractivity contribution is -0.109. The molecule has 0 saturated carbocycles. The SMILES string of the molecule is CNC(Cc1cccc(OC)c1)C1(OC)CCOCC1. The molecule has 1 fully saturated rings. The van der Waals surface area contributed by atoms with Crippen molar-refractivity contribution in [2.24, 2.45) is 0 Å². The van der Waals surface area contributed by atoms with Crippen LogP contribution >= 0.6 is 0 Å². The predicted octanol–water partition coefficient (Wildman–Crippen LogP) is 2.02. The molecule has 1 heterocycles. The molecule has 20 heavy (non-hydrogen) atoms. The van der Waals surface area contributed by atoms with Gasteiger partial charge in [-0.25, -0.2) is 0 Å². The Morgan fingerprint density at radius 2 is 2.05 bits per heavy atom. The second-order valence-corrected chi connectivity index (χ2v) is 5.28. The number of nitrogens with one attached hydrogen (secondary N) is 1. The van der Waals surface area contributed by atoms with E-state index in [1.54, 1.807) is 14.2 Å². The number of ether oxygens (including phenoxy) is 3. The lowest BCUT2D eigenvalue weighted by Crippen LogP contribution is -2.55. The van der Waals surface area contributed by atoms with Crippen LogP contribution in [-0.4, -0.2) is 46.1 Å². The van der Waals surface area contributed by atoms with Crippen LogP contribution in [0.5, 0.6) is 5.75 Å². The maximum Gasteiger partial charge on any atom is 0.119 e. The van der Waals surface area contributed by atoms with Gasteiger partial charge in [-0.05, 0) is 31.2 Å². The third-order valence-corrected chi connectivity index (χ3v) is 4.30. The van der Waals surface area contributed by atoms with Gasteiger partial charge in [-0.2, -0.15) is 0 Å². The average molecular weight is 279 g/mol. The molecule has 1 N–H and O–H groups in total. The maximum absolute atomic E-state index is 5.89. The van der Waals surface area contributed by atoms with Crippen LogP contribution in [0.3, 0.4) is 0 Å². The highest BCUT2D eigenvalue weighted by molar-refractivity contribution is 5.29. The number of hydrogen-bond donors (Lipinski definition) is 1. The van der Waals surface area contributed by atoms with E-state index in [0.29, 0.717) is 0 Å². The van der Waals surface area contributed by atoms with Gasteiger partial charge in [0, 0.05) is 39.2 Å². The normalized spacial score (nSPS) is 19.6. The summed E-state index contributed by atoms with van der Waals surface area (Å²) in [5.74, 6) is 0.899. The van der Waals surface area contributed by atoms with Gasteiger partial charge >= 0.3 is 0 Å². The molecule has 4 nitrogen and oxygen atoms in total. The monoisotopic (exact) mass is 279 g/mol. The van der Waals surface area contributed by atoms with Crippen LogP contribution in [0.2, 0.25) is 0 Å². The molecule has 1 atom stereocenters. The molecule has 112 valence electrons. The Labute approximate surface area is 121 Å². The van der Waals surface area contributed by atoms with Crippen molar-refractivity contribution in [2.75, 3.05) is 34.5 Å².